The monoisotopic (exact) mass is 236 g/mol. The van der Waals surface area contributed by atoms with Crippen molar-refractivity contribution in [3.05, 3.63) is 29.8 Å². The zero-order chi connectivity index (χ0) is 12.5. The molecule has 0 aliphatic carbocycles. The summed E-state index contributed by atoms with van der Waals surface area (Å²) in [6.07, 6.45) is -0.356. The van der Waals surface area contributed by atoms with Crippen LogP contribution in [0.25, 0.3) is 0 Å². The summed E-state index contributed by atoms with van der Waals surface area (Å²) in [4.78, 5) is 22.6. The molecule has 1 saturated heterocycles. The molecular weight excluding hydrogens is 224 g/mol. The van der Waals surface area contributed by atoms with Gasteiger partial charge in [-0.1, -0.05) is 12.1 Å². The lowest BCUT2D eigenvalue weighted by atomic mass is 10.1. The van der Waals surface area contributed by atoms with Crippen LogP contribution in [0.1, 0.15) is 18.9 Å². The third-order valence-electron chi connectivity index (χ3n) is 2.50. The number of benzene rings is 1. The van der Waals surface area contributed by atoms with Crippen molar-refractivity contribution in [1.82, 2.24) is 0 Å². The Morgan fingerprint density at radius 3 is 2.35 bits per heavy atom. The summed E-state index contributed by atoms with van der Waals surface area (Å²) in [5.41, 5.74) is 0.504. The largest absolute Gasteiger partial charge is 0.496 e. The highest BCUT2D eigenvalue weighted by atomic mass is 16.7. The molecule has 5 nitrogen and oxygen atoms in total. The minimum atomic E-state index is -1.42. The maximum absolute atomic E-state index is 11.3. The molecule has 0 atom stereocenters. The van der Waals surface area contributed by atoms with Gasteiger partial charge in [0.2, 0.25) is 0 Å². The second-order valence-electron chi connectivity index (χ2n) is 3.77. The van der Waals surface area contributed by atoms with Crippen LogP contribution in [0.4, 0.5) is 0 Å². The summed E-state index contributed by atoms with van der Waals surface area (Å²) in [7, 11) is 1.49. The van der Waals surface area contributed by atoms with Crippen LogP contribution < -0.4 is 4.74 Å². The molecule has 0 N–H and O–H groups in total. The molecule has 17 heavy (non-hydrogen) atoms. The Hall–Kier alpha value is -2.04. The summed E-state index contributed by atoms with van der Waals surface area (Å²) < 4.78 is 15.4. The lowest BCUT2D eigenvalue weighted by Crippen LogP contribution is -2.40. The van der Waals surface area contributed by atoms with Gasteiger partial charge < -0.3 is 14.2 Å². The Morgan fingerprint density at radius 2 is 1.76 bits per heavy atom. The minimum Gasteiger partial charge on any atom is -0.496 e. The predicted molar refractivity (Wildman–Crippen MR) is 57.1 cm³/mol. The van der Waals surface area contributed by atoms with Crippen molar-refractivity contribution in [2.75, 3.05) is 7.11 Å². The first-order valence-corrected chi connectivity index (χ1v) is 5.12. The van der Waals surface area contributed by atoms with Gasteiger partial charge >= 0.3 is 11.9 Å². The van der Waals surface area contributed by atoms with Crippen LogP contribution in [-0.2, 0) is 24.8 Å². The Bertz CT molecular complexity index is 450. The van der Waals surface area contributed by atoms with Gasteiger partial charge in [0, 0.05) is 6.92 Å². The van der Waals surface area contributed by atoms with Crippen LogP contribution in [0, 0.1) is 0 Å². The third-order valence-corrected chi connectivity index (χ3v) is 2.50. The van der Waals surface area contributed by atoms with Crippen molar-refractivity contribution in [1.29, 1.82) is 0 Å². The molecular formula is C12H12O5. The third kappa shape index (κ3) is 2.08. The van der Waals surface area contributed by atoms with Crippen molar-refractivity contribution in [3.63, 3.8) is 0 Å². The van der Waals surface area contributed by atoms with E-state index in [1.54, 1.807) is 24.3 Å². The van der Waals surface area contributed by atoms with Crippen molar-refractivity contribution in [2.24, 2.45) is 0 Å². The first-order valence-electron chi connectivity index (χ1n) is 5.12. The van der Waals surface area contributed by atoms with E-state index < -0.39 is 17.7 Å². The Morgan fingerprint density at radius 1 is 1.18 bits per heavy atom. The molecule has 1 heterocycles. The molecule has 0 unspecified atom stereocenters. The lowest BCUT2D eigenvalue weighted by molar-refractivity contribution is -0.243. The van der Waals surface area contributed by atoms with Crippen molar-refractivity contribution in [2.45, 2.75) is 19.1 Å². The van der Waals surface area contributed by atoms with Crippen molar-refractivity contribution >= 4 is 11.9 Å². The fourth-order valence-corrected chi connectivity index (χ4v) is 1.78. The van der Waals surface area contributed by atoms with Gasteiger partial charge in [0.25, 0.3) is 5.79 Å². The van der Waals surface area contributed by atoms with Gasteiger partial charge in [0.05, 0.1) is 12.7 Å². The molecule has 1 aliphatic heterocycles. The number of carbonyl (C=O) groups excluding carboxylic acids is 2. The van der Waals surface area contributed by atoms with Gasteiger partial charge in [-0.05, 0) is 12.1 Å². The minimum absolute atomic E-state index is 0.356. The van der Waals surface area contributed by atoms with Gasteiger partial charge in [-0.15, -0.1) is 0 Å². The molecule has 2 rings (SSSR count). The van der Waals surface area contributed by atoms with E-state index in [0.717, 1.165) is 0 Å². The fourth-order valence-electron chi connectivity index (χ4n) is 1.78. The first-order chi connectivity index (χ1) is 8.05. The van der Waals surface area contributed by atoms with Gasteiger partial charge in [0.15, 0.2) is 0 Å². The number of cyclic esters (lactones) is 2. The number of carbonyl (C=O) groups is 2. The van der Waals surface area contributed by atoms with E-state index in [-0.39, 0.29) is 6.42 Å². The Balaban J connectivity index is 2.43. The van der Waals surface area contributed by atoms with Crippen molar-refractivity contribution in [3.8, 4) is 5.75 Å². The van der Waals surface area contributed by atoms with E-state index in [0.29, 0.717) is 11.3 Å². The van der Waals surface area contributed by atoms with Crippen molar-refractivity contribution < 1.29 is 23.8 Å². The SMILES string of the molecule is COc1ccccc1C1(C)OC(=O)CC(=O)O1. The molecule has 1 aromatic carbocycles. The van der Waals surface area contributed by atoms with E-state index in [2.05, 4.69) is 0 Å². The van der Waals surface area contributed by atoms with E-state index in [1.807, 2.05) is 0 Å². The normalized spacial score (nSPS) is 18.2. The average molecular weight is 236 g/mol. The highest BCUT2D eigenvalue weighted by molar-refractivity contribution is 5.93. The Labute approximate surface area is 98.3 Å². The zero-order valence-electron chi connectivity index (χ0n) is 9.56. The number of hydrogen-bond acceptors (Lipinski definition) is 5. The van der Waals surface area contributed by atoms with E-state index in [1.165, 1.54) is 14.0 Å². The quantitative estimate of drug-likeness (QED) is 0.573. The maximum atomic E-state index is 11.3. The maximum Gasteiger partial charge on any atom is 0.320 e. The first kappa shape index (κ1) is 11.4. The predicted octanol–water partition coefficient (Wildman–Crippen LogP) is 1.36. The molecule has 1 aromatic rings. The van der Waals surface area contributed by atoms with E-state index in [9.17, 15) is 9.59 Å². The molecule has 1 fully saturated rings. The van der Waals surface area contributed by atoms with Gasteiger partial charge in [-0.3, -0.25) is 9.59 Å². The topological polar surface area (TPSA) is 61.8 Å². The van der Waals surface area contributed by atoms with Gasteiger partial charge in [-0.25, -0.2) is 0 Å². The summed E-state index contributed by atoms with van der Waals surface area (Å²) >= 11 is 0. The van der Waals surface area contributed by atoms with Crippen LogP contribution in [0.15, 0.2) is 24.3 Å². The molecule has 0 amide bonds. The summed E-state index contributed by atoms with van der Waals surface area (Å²) in [5.74, 6) is -2.12. The molecule has 0 aromatic heterocycles. The molecule has 0 spiro atoms. The second kappa shape index (κ2) is 4.08. The molecule has 1 aliphatic rings. The fraction of sp³-hybridized carbons (Fsp3) is 0.333. The summed E-state index contributed by atoms with van der Waals surface area (Å²) in [6.45, 7) is 1.51. The standard InChI is InChI=1S/C12H12O5/c1-12(16-10(13)7-11(14)17-12)8-5-3-4-6-9(8)15-2/h3-6H,7H2,1-2H3. The van der Waals surface area contributed by atoms with Gasteiger partial charge in [0.1, 0.15) is 12.2 Å². The van der Waals surface area contributed by atoms with E-state index in [4.69, 9.17) is 14.2 Å². The van der Waals surface area contributed by atoms with Gasteiger partial charge in [-0.2, -0.15) is 0 Å². The van der Waals surface area contributed by atoms with Crippen LogP contribution >= 0.6 is 0 Å². The Kier molecular flexibility index (Phi) is 2.75. The molecule has 0 bridgehead atoms. The summed E-state index contributed by atoms with van der Waals surface area (Å²) in [6, 6.07) is 6.92. The number of para-hydroxylation sites is 1. The molecule has 0 saturated carbocycles. The average Bonchev–Trinajstić information content (AvgIpc) is 2.27. The lowest BCUT2D eigenvalue weighted by Gasteiger charge is -2.33. The second-order valence-corrected chi connectivity index (χ2v) is 3.77. The number of hydrogen-bond donors (Lipinski definition) is 0. The van der Waals surface area contributed by atoms with E-state index >= 15 is 0 Å². The highest BCUT2D eigenvalue weighted by Gasteiger charge is 2.42. The highest BCUT2D eigenvalue weighted by Crippen LogP contribution is 2.36. The molecule has 90 valence electrons. The number of ether oxygens (including phenoxy) is 3. The smallest absolute Gasteiger partial charge is 0.320 e. The van der Waals surface area contributed by atoms with Crippen LogP contribution in [0.3, 0.4) is 0 Å². The number of methoxy groups -OCH3 is 1. The molecule has 0 radical (unpaired) electrons. The number of rotatable bonds is 2. The van der Waals surface area contributed by atoms with Crippen LogP contribution in [0.5, 0.6) is 5.75 Å². The molecule has 5 heteroatoms. The van der Waals surface area contributed by atoms with Crippen LogP contribution in [0.2, 0.25) is 0 Å². The zero-order valence-corrected chi connectivity index (χ0v) is 9.56. The summed E-state index contributed by atoms with van der Waals surface area (Å²) in [5, 5.41) is 0. The van der Waals surface area contributed by atoms with Crippen LogP contribution in [-0.4, -0.2) is 19.0 Å². The number of esters is 2.